The lowest BCUT2D eigenvalue weighted by Crippen LogP contribution is -2.68. The monoisotopic (exact) mass is 268 g/mol. The van der Waals surface area contributed by atoms with Gasteiger partial charge in [0.15, 0.2) is 0 Å². The molecule has 0 spiro atoms. The second-order valence-electron chi connectivity index (χ2n) is 5.26. The maximum absolute atomic E-state index is 12.4. The molecule has 1 heterocycles. The summed E-state index contributed by atoms with van der Waals surface area (Å²) in [5, 5.41) is 0. The molecule has 18 heavy (non-hydrogen) atoms. The number of sulfonamides is 1. The van der Waals surface area contributed by atoms with E-state index >= 15 is 0 Å². The lowest BCUT2D eigenvalue weighted by Gasteiger charge is -2.46. The summed E-state index contributed by atoms with van der Waals surface area (Å²) in [5.74, 6) is 0. The first-order valence-electron chi connectivity index (χ1n) is 6.15. The van der Waals surface area contributed by atoms with Gasteiger partial charge in [0.1, 0.15) is 0 Å². The van der Waals surface area contributed by atoms with E-state index in [9.17, 15) is 8.42 Å². The van der Waals surface area contributed by atoms with Crippen LogP contribution >= 0.6 is 0 Å². The molecule has 0 unspecified atom stereocenters. The molecule has 0 aliphatic carbocycles. The minimum absolute atomic E-state index is 0.342. The van der Waals surface area contributed by atoms with Crippen LogP contribution in [0.5, 0.6) is 0 Å². The molecule has 0 bridgehead atoms. The summed E-state index contributed by atoms with van der Waals surface area (Å²) in [6, 6.07) is 5.40. The van der Waals surface area contributed by atoms with E-state index in [0.29, 0.717) is 18.0 Å². The third-order valence-electron chi connectivity index (χ3n) is 3.63. The van der Waals surface area contributed by atoms with Gasteiger partial charge in [0.2, 0.25) is 10.0 Å². The largest absolute Gasteiger partial charge is 0.323 e. The van der Waals surface area contributed by atoms with Gasteiger partial charge in [-0.1, -0.05) is 24.6 Å². The molecule has 0 saturated carbocycles. The number of rotatable bonds is 3. The van der Waals surface area contributed by atoms with Crippen LogP contribution in [0.2, 0.25) is 0 Å². The predicted octanol–water partition coefficient (Wildman–Crippen LogP) is 1.42. The third kappa shape index (κ3) is 2.18. The Bertz CT molecular complexity index is 560. The molecule has 4 nitrogen and oxygen atoms in total. The first-order valence-corrected chi connectivity index (χ1v) is 7.59. The molecule has 1 fully saturated rings. The maximum atomic E-state index is 12.4. The van der Waals surface area contributed by atoms with Crippen LogP contribution in [-0.4, -0.2) is 31.4 Å². The lowest BCUT2D eigenvalue weighted by molar-refractivity contribution is 0.153. The first-order chi connectivity index (χ1) is 8.28. The van der Waals surface area contributed by atoms with E-state index in [1.54, 1.807) is 6.07 Å². The van der Waals surface area contributed by atoms with Gasteiger partial charge in [-0.05, 0) is 31.9 Å². The van der Waals surface area contributed by atoms with E-state index < -0.39 is 10.0 Å². The number of nitrogens with zero attached hydrogens (tertiary/aromatic N) is 1. The van der Waals surface area contributed by atoms with E-state index in [1.807, 2.05) is 32.9 Å². The van der Waals surface area contributed by atoms with E-state index in [-0.39, 0.29) is 5.54 Å². The predicted molar refractivity (Wildman–Crippen MR) is 71.9 cm³/mol. The molecule has 5 heteroatoms. The standard InChI is InChI=1S/C13H20N2O2S/c1-4-13(14)8-15(9-13)18(16,17)12-6-5-10(2)7-11(12)3/h5-7H,4,8-9,14H2,1-3H3. The average Bonchev–Trinajstić information content (AvgIpc) is 2.24. The number of aryl methyl sites for hydroxylation is 2. The zero-order chi connectivity index (χ0) is 13.6. The van der Waals surface area contributed by atoms with Gasteiger partial charge in [-0.3, -0.25) is 0 Å². The Hall–Kier alpha value is -0.910. The fourth-order valence-electron chi connectivity index (χ4n) is 2.28. The van der Waals surface area contributed by atoms with Crippen LogP contribution in [0.15, 0.2) is 23.1 Å². The molecule has 0 amide bonds. The Labute approximate surface area is 109 Å². The molecule has 2 N–H and O–H groups in total. The molecular formula is C13H20N2O2S. The van der Waals surface area contributed by atoms with Gasteiger partial charge >= 0.3 is 0 Å². The Morgan fingerprint density at radius 2 is 1.94 bits per heavy atom. The smallest absolute Gasteiger partial charge is 0.243 e. The van der Waals surface area contributed by atoms with E-state index in [0.717, 1.165) is 17.5 Å². The SMILES string of the molecule is CCC1(N)CN(S(=O)(=O)c2ccc(C)cc2C)C1. The normalized spacial score (nSPS) is 19.6. The summed E-state index contributed by atoms with van der Waals surface area (Å²) < 4.78 is 26.3. The van der Waals surface area contributed by atoms with Crippen molar-refractivity contribution in [3.05, 3.63) is 29.3 Å². The zero-order valence-electron chi connectivity index (χ0n) is 11.1. The highest BCUT2D eigenvalue weighted by Crippen LogP contribution is 2.30. The molecule has 1 aromatic carbocycles. The van der Waals surface area contributed by atoms with Crippen molar-refractivity contribution in [1.82, 2.24) is 4.31 Å². The number of hydrogen-bond donors (Lipinski definition) is 1. The fourth-order valence-corrected chi connectivity index (χ4v) is 4.12. The third-order valence-corrected chi connectivity index (χ3v) is 5.59. The summed E-state index contributed by atoms with van der Waals surface area (Å²) >= 11 is 0. The number of hydrogen-bond acceptors (Lipinski definition) is 3. The summed E-state index contributed by atoms with van der Waals surface area (Å²) in [5.41, 5.74) is 7.54. The van der Waals surface area contributed by atoms with Crippen molar-refractivity contribution in [2.45, 2.75) is 37.6 Å². The van der Waals surface area contributed by atoms with Crippen molar-refractivity contribution < 1.29 is 8.42 Å². The van der Waals surface area contributed by atoms with Crippen LogP contribution in [0.1, 0.15) is 24.5 Å². The highest BCUT2D eigenvalue weighted by atomic mass is 32.2. The Morgan fingerprint density at radius 1 is 1.33 bits per heavy atom. The lowest BCUT2D eigenvalue weighted by atomic mass is 9.91. The van der Waals surface area contributed by atoms with Gasteiger partial charge in [0.05, 0.1) is 4.90 Å². The van der Waals surface area contributed by atoms with Gasteiger partial charge in [-0.15, -0.1) is 0 Å². The van der Waals surface area contributed by atoms with Gasteiger partial charge in [0.25, 0.3) is 0 Å². The van der Waals surface area contributed by atoms with Crippen molar-refractivity contribution in [3.8, 4) is 0 Å². The van der Waals surface area contributed by atoms with Gasteiger partial charge in [-0.2, -0.15) is 4.31 Å². The van der Waals surface area contributed by atoms with E-state index in [1.165, 1.54) is 4.31 Å². The number of benzene rings is 1. The van der Waals surface area contributed by atoms with Crippen LogP contribution in [0.3, 0.4) is 0 Å². The van der Waals surface area contributed by atoms with Crippen LogP contribution in [0.4, 0.5) is 0 Å². The fraction of sp³-hybridized carbons (Fsp3) is 0.538. The number of nitrogens with two attached hydrogens (primary N) is 1. The first kappa shape index (κ1) is 13.5. The van der Waals surface area contributed by atoms with E-state index in [4.69, 9.17) is 5.73 Å². The topological polar surface area (TPSA) is 63.4 Å². The van der Waals surface area contributed by atoms with E-state index in [2.05, 4.69) is 0 Å². The highest BCUT2D eigenvalue weighted by Gasteiger charge is 2.44. The molecule has 2 rings (SSSR count). The molecule has 100 valence electrons. The molecule has 1 aliphatic heterocycles. The van der Waals surface area contributed by atoms with Crippen molar-refractivity contribution >= 4 is 10.0 Å². The molecule has 0 atom stereocenters. The molecule has 0 aromatic heterocycles. The van der Waals surface area contributed by atoms with Gasteiger partial charge in [-0.25, -0.2) is 8.42 Å². The Kier molecular flexibility index (Phi) is 3.25. The highest BCUT2D eigenvalue weighted by molar-refractivity contribution is 7.89. The average molecular weight is 268 g/mol. The minimum atomic E-state index is -3.38. The second-order valence-corrected chi connectivity index (χ2v) is 7.16. The quantitative estimate of drug-likeness (QED) is 0.901. The second kappa shape index (κ2) is 4.33. The maximum Gasteiger partial charge on any atom is 0.243 e. The van der Waals surface area contributed by atoms with Crippen LogP contribution in [0, 0.1) is 13.8 Å². The molecule has 0 radical (unpaired) electrons. The van der Waals surface area contributed by atoms with Crippen LogP contribution < -0.4 is 5.73 Å². The van der Waals surface area contributed by atoms with Crippen molar-refractivity contribution in [2.24, 2.45) is 5.73 Å². The van der Waals surface area contributed by atoms with Gasteiger partial charge < -0.3 is 5.73 Å². The van der Waals surface area contributed by atoms with Crippen LogP contribution in [-0.2, 0) is 10.0 Å². The van der Waals surface area contributed by atoms with Crippen molar-refractivity contribution in [2.75, 3.05) is 13.1 Å². The molecule has 1 aliphatic rings. The zero-order valence-corrected chi connectivity index (χ0v) is 11.9. The summed E-state index contributed by atoms with van der Waals surface area (Å²) in [6.45, 7) is 6.60. The van der Waals surface area contributed by atoms with Crippen molar-refractivity contribution in [3.63, 3.8) is 0 Å². The summed E-state index contributed by atoms with van der Waals surface area (Å²) in [4.78, 5) is 0.395. The molecule has 1 aromatic rings. The Balaban J connectivity index is 2.28. The summed E-state index contributed by atoms with van der Waals surface area (Å²) in [6.07, 6.45) is 0.798. The van der Waals surface area contributed by atoms with Crippen LogP contribution in [0.25, 0.3) is 0 Å². The molecule has 1 saturated heterocycles. The van der Waals surface area contributed by atoms with Crippen molar-refractivity contribution in [1.29, 1.82) is 0 Å². The van der Waals surface area contributed by atoms with Gasteiger partial charge in [0, 0.05) is 18.6 Å². The molecular weight excluding hydrogens is 248 g/mol. The Morgan fingerprint density at radius 3 is 2.44 bits per heavy atom. The minimum Gasteiger partial charge on any atom is -0.323 e. The summed E-state index contributed by atoms with van der Waals surface area (Å²) in [7, 11) is -3.38.